The van der Waals surface area contributed by atoms with E-state index in [1.807, 2.05) is 30.3 Å². The summed E-state index contributed by atoms with van der Waals surface area (Å²) in [7, 11) is 0. The summed E-state index contributed by atoms with van der Waals surface area (Å²) in [5.74, 6) is 0.0158. The maximum absolute atomic E-state index is 12.4. The van der Waals surface area contributed by atoms with Crippen LogP contribution in [0.4, 0.5) is 17.1 Å². The molecular formula is C21H27N3O2. The highest BCUT2D eigenvalue weighted by Crippen LogP contribution is 2.26. The fraction of sp³-hybridized carbons (Fsp3) is 0.381. The first-order chi connectivity index (χ1) is 12.6. The fourth-order valence-electron chi connectivity index (χ4n) is 3.04. The van der Waals surface area contributed by atoms with Gasteiger partial charge in [-0.25, -0.2) is 0 Å². The van der Waals surface area contributed by atoms with Gasteiger partial charge in [0.05, 0.1) is 24.6 Å². The molecular weight excluding hydrogens is 326 g/mol. The number of amides is 1. The van der Waals surface area contributed by atoms with Crippen LogP contribution < -0.4 is 15.5 Å². The monoisotopic (exact) mass is 353 g/mol. The van der Waals surface area contributed by atoms with E-state index in [0.717, 1.165) is 43.4 Å². The van der Waals surface area contributed by atoms with Crippen molar-refractivity contribution >= 4 is 23.0 Å². The summed E-state index contributed by atoms with van der Waals surface area (Å²) in [4.78, 5) is 14.6. The molecule has 5 nitrogen and oxygen atoms in total. The average Bonchev–Trinajstić information content (AvgIpc) is 2.66. The number of carbonyl (C=O) groups is 1. The molecule has 0 bridgehead atoms. The SMILES string of the molecule is Cc1ccc(NCCC(=O)Nc2ccccc2N2CCOCC2)cc1C. The van der Waals surface area contributed by atoms with Gasteiger partial charge in [0.2, 0.25) is 5.91 Å². The van der Waals surface area contributed by atoms with E-state index < -0.39 is 0 Å². The highest BCUT2D eigenvalue weighted by atomic mass is 16.5. The topological polar surface area (TPSA) is 53.6 Å². The van der Waals surface area contributed by atoms with Crippen molar-refractivity contribution in [3.63, 3.8) is 0 Å². The first kappa shape index (κ1) is 18.3. The molecule has 0 spiro atoms. The summed E-state index contributed by atoms with van der Waals surface area (Å²) in [6.45, 7) is 7.94. The number of rotatable bonds is 6. The van der Waals surface area contributed by atoms with Gasteiger partial charge >= 0.3 is 0 Å². The highest BCUT2D eigenvalue weighted by molar-refractivity contribution is 5.94. The Labute approximate surface area is 155 Å². The number of morpholine rings is 1. The van der Waals surface area contributed by atoms with Crippen LogP contribution in [0.5, 0.6) is 0 Å². The second-order valence-corrected chi connectivity index (χ2v) is 6.64. The van der Waals surface area contributed by atoms with E-state index in [0.29, 0.717) is 13.0 Å². The Morgan fingerprint density at radius 1 is 1.08 bits per heavy atom. The van der Waals surface area contributed by atoms with Gasteiger partial charge in [0, 0.05) is 31.7 Å². The summed E-state index contributed by atoms with van der Waals surface area (Å²) in [6, 6.07) is 14.2. The molecule has 1 saturated heterocycles. The molecule has 0 radical (unpaired) electrons. The summed E-state index contributed by atoms with van der Waals surface area (Å²) < 4.78 is 5.42. The van der Waals surface area contributed by atoms with Gasteiger partial charge in [0.15, 0.2) is 0 Å². The van der Waals surface area contributed by atoms with Crippen molar-refractivity contribution in [1.82, 2.24) is 0 Å². The van der Waals surface area contributed by atoms with E-state index in [2.05, 4.69) is 41.5 Å². The normalized spacial score (nSPS) is 14.2. The van der Waals surface area contributed by atoms with Gasteiger partial charge < -0.3 is 20.3 Å². The maximum Gasteiger partial charge on any atom is 0.226 e. The summed E-state index contributed by atoms with van der Waals surface area (Å²) in [5, 5.41) is 6.37. The molecule has 138 valence electrons. The number of hydrogen-bond donors (Lipinski definition) is 2. The van der Waals surface area contributed by atoms with E-state index in [-0.39, 0.29) is 5.91 Å². The van der Waals surface area contributed by atoms with E-state index in [4.69, 9.17) is 4.74 Å². The zero-order valence-corrected chi connectivity index (χ0v) is 15.5. The second-order valence-electron chi connectivity index (χ2n) is 6.64. The maximum atomic E-state index is 12.4. The number of aryl methyl sites for hydroxylation is 2. The summed E-state index contributed by atoms with van der Waals surface area (Å²) >= 11 is 0. The van der Waals surface area contributed by atoms with Gasteiger partial charge in [0.25, 0.3) is 0 Å². The Morgan fingerprint density at radius 2 is 1.85 bits per heavy atom. The predicted octanol–water partition coefficient (Wildman–Crippen LogP) is 3.58. The van der Waals surface area contributed by atoms with Crippen LogP contribution in [-0.4, -0.2) is 38.8 Å². The van der Waals surface area contributed by atoms with Crippen molar-refractivity contribution in [3.05, 3.63) is 53.6 Å². The van der Waals surface area contributed by atoms with Crippen molar-refractivity contribution in [2.45, 2.75) is 20.3 Å². The fourth-order valence-corrected chi connectivity index (χ4v) is 3.04. The molecule has 1 aliphatic heterocycles. The number of hydrogen-bond acceptors (Lipinski definition) is 4. The van der Waals surface area contributed by atoms with Crippen molar-refractivity contribution < 1.29 is 9.53 Å². The van der Waals surface area contributed by atoms with E-state index in [1.165, 1.54) is 11.1 Å². The van der Waals surface area contributed by atoms with Gasteiger partial charge in [-0.05, 0) is 49.2 Å². The van der Waals surface area contributed by atoms with Gasteiger partial charge in [-0.15, -0.1) is 0 Å². The molecule has 2 aromatic rings. The van der Waals surface area contributed by atoms with Crippen LogP contribution in [-0.2, 0) is 9.53 Å². The lowest BCUT2D eigenvalue weighted by molar-refractivity contribution is -0.115. The molecule has 2 aromatic carbocycles. The number of ether oxygens (including phenoxy) is 1. The molecule has 1 aliphatic rings. The molecule has 1 heterocycles. The largest absolute Gasteiger partial charge is 0.385 e. The highest BCUT2D eigenvalue weighted by Gasteiger charge is 2.15. The first-order valence-electron chi connectivity index (χ1n) is 9.16. The minimum Gasteiger partial charge on any atom is -0.385 e. The second kappa shape index (κ2) is 8.72. The van der Waals surface area contributed by atoms with Crippen molar-refractivity contribution in [3.8, 4) is 0 Å². The average molecular weight is 353 g/mol. The predicted molar refractivity (Wildman–Crippen MR) is 107 cm³/mol. The number of nitrogens with zero attached hydrogens (tertiary/aromatic N) is 1. The number of benzene rings is 2. The van der Waals surface area contributed by atoms with E-state index in [1.54, 1.807) is 0 Å². The third-order valence-corrected chi connectivity index (χ3v) is 4.72. The third kappa shape index (κ3) is 4.76. The van der Waals surface area contributed by atoms with Crippen LogP contribution in [0, 0.1) is 13.8 Å². The Bertz CT molecular complexity index is 755. The Morgan fingerprint density at radius 3 is 2.62 bits per heavy atom. The molecule has 5 heteroatoms. The molecule has 0 aromatic heterocycles. The lowest BCUT2D eigenvalue weighted by atomic mass is 10.1. The van der Waals surface area contributed by atoms with Gasteiger partial charge in [0.1, 0.15) is 0 Å². The Hall–Kier alpha value is -2.53. The molecule has 1 fully saturated rings. The van der Waals surface area contributed by atoms with Crippen LogP contribution in [0.2, 0.25) is 0 Å². The van der Waals surface area contributed by atoms with Crippen molar-refractivity contribution in [2.75, 3.05) is 48.4 Å². The lowest BCUT2D eigenvalue weighted by Crippen LogP contribution is -2.36. The van der Waals surface area contributed by atoms with Crippen LogP contribution in [0.1, 0.15) is 17.5 Å². The first-order valence-corrected chi connectivity index (χ1v) is 9.16. The smallest absolute Gasteiger partial charge is 0.226 e. The van der Waals surface area contributed by atoms with E-state index >= 15 is 0 Å². The van der Waals surface area contributed by atoms with Gasteiger partial charge in [-0.1, -0.05) is 18.2 Å². The summed E-state index contributed by atoms with van der Waals surface area (Å²) in [5.41, 5.74) is 5.50. The standard InChI is InChI=1S/C21H27N3O2/c1-16-7-8-18(15-17(16)2)22-10-9-21(25)23-19-5-3-4-6-20(19)24-11-13-26-14-12-24/h3-8,15,22H,9-14H2,1-2H3,(H,23,25). The third-order valence-electron chi connectivity index (χ3n) is 4.72. The minimum absolute atomic E-state index is 0.0158. The van der Waals surface area contributed by atoms with Crippen molar-refractivity contribution in [1.29, 1.82) is 0 Å². The number of carbonyl (C=O) groups excluding carboxylic acids is 1. The lowest BCUT2D eigenvalue weighted by Gasteiger charge is -2.30. The Balaban J connectivity index is 1.54. The zero-order valence-electron chi connectivity index (χ0n) is 15.5. The zero-order chi connectivity index (χ0) is 18.4. The van der Waals surface area contributed by atoms with Crippen molar-refractivity contribution in [2.24, 2.45) is 0 Å². The number of para-hydroxylation sites is 2. The van der Waals surface area contributed by atoms with Crippen LogP contribution in [0.15, 0.2) is 42.5 Å². The molecule has 0 saturated carbocycles. The van der Waals surface area contributed by atoms with Crippen LogP contribution in [0.25, 0.3) is 0 Å². The molecule has 0 atom stereocenters. The molecule has 0 unspecified atom stereocenters. The van der Waals surface area contributed by atoms with Gasteiger partial charge in [-0.3, -0.25) is 4.79 Å². The quantitative estimate of drug-likeness (QED) is 0.833. The number of nitrogens with one attached hydrogen (secondary N) is 2. The van der Waals surface area contributed by atoms with Gasteiger partial charge in [-0.2, -0.15) is 0 Å². The number of anilines is 3. The van der Waals surface area contributed by atoms with Crippen LogP contribution in [0.3, 0.4) is 0 Å². The molecule has 2 N–H and O–H groups in total. The van der Waals surface area contributed by atoms with E-state index in [9.17, 15) is 4.79 Å². The molecule has 26 heavy (non-hydrogen) atoms. The molecule has 1 amide bonds. The molecule has 0 aliphatic carbocycles. The van der Waals surface area contributed by atoms with Crippen LogP contribution >= 0.6 is 0 Å². The Kier molecular flexibility index (Phi) is 6.12. The minimum atomic E-state index is 0.0158. The molecule has 3 rings (SSSR count). The summed E-state index contributed by atoms with van der Waals surface area (Å²) in [6.07, 6.45) is 0.421.